The molecule has 1 aromatic heterocycles. The smallest absolute Gasteiger partial charge is 0.151 e. The van der Waals surface area contributed by atoms with Crippen molar-refractivity contribution in [1.29, 1.82) is 0 Å². The van der Waals surface area contributed by atoms with Gasteiger partial charge in [0.15, 0.2) is 9.84 Å². The minimum Gasteiger partial charge on any atom is -0.304 e. The molecule has 0 amide bonds. The van der Waals surface area contributed by atoms with Crippen molar-refractivity contribution in [3.63, 3.8) is 0 Å². The molecule has 1 aliphatic heterocycles. The molecule has 6 heteroatoms. The van der Waals surface area contributed by atoms with Gasteiger partial charge in [-0.2, -0.15) is 0 Å². The topological polar surface area (TPSA) is 59.1 Å². The molecule has 1 fully saturated rings. The quantitative estimate of drug-likeness (QED) is 0.911. The van der Waals surface area contributed by atoms with Crippen molar-refractivity contribution in [2.75, 3.05) is 11.5 Å². The highest BCUT2D eigenvalue weighted by atomic mass is 32.2. The third-order valence-electron chi connectivity index (χ3n) is 2.96. The van der Waals surface area contributed by atoms with Gasteiger partial charge >= 0.3 is 0 Å². The molecule has 1 N–H and O–H groups in total. The molecule has 2 rings (SSSR count). The van der Waals surface area contributed by atoms with E-state index >= 15 is 0 Å². The molecule has 0 aromatic carbocycles. The molecule has 1 aliphatic rings. The zero-order chi connectivity index (χ0) is 12.5. The Kier molecular flexibility index (Phi) is 3.85. The van der Waals surface area contributed by atoms with Crippen LogP contribution < -0.4 is 5.32 Å². The first-order chi connectivity index (χ1) is 7.96. The van der Waals surface area contributed by atoms with Gasteiger partial charge in [-0.3, -0.25) is 0 Å². The highest BCUT2D eigenvalue weighted by Crippen LogP contribution is 2.20. The van der Waals surface area contributed by atoms with Gasteiger partial charge in [-0.05, 0) is 26.7 Å². The number of nitrogens with one attached hydrogen (secondary N) is 1. The summed E-state index contributed by atoms with van der Waals surface area (Å²) in [6, 6.07) is 0.208. The maximum atomic E-state index is 11.5. The summed E-state index contributed by atoms with van der Waals surface area (Å²) in [4.78, 5) is 4.42. The Morgan fingerprint density at radius 3 is 2.94 bits per heavy atom. The largest absolute Gasteiger partial charge is 0.304 e. The van der Waals surface area contributed by atoms with Crippen LogP contribution in [0.25, 0.3) is 0 Å². The summed E-state index contributed by atoms with van der Waals surface area (Å²) >= 11 is 1.62. The Bertz CT molecular complexity index is 481. The molecule has 2 heterocycles. The molecule has 0 aliphatic carbocycles. The molecule has 96 valence electrons. The van der Waals surface area contributed by atoms with Crippen molar-refractivity contribution in [2.24, 2.45) is 0 Å². The molecule has 2 unspecified atom stereocenters. The minimum absolute atomic E-state index is 0.0768. The van der Waals surface area contributed by atoms with E-state index in [1.807, 2.05) is 19.2 Å². The molecular formula is C11H18N2O2S2. The summed E-state index contributed by atoms with van der Waals surface area (Å²) in [7, 11) is -2.83. The van der Waals surface area contributed by atoms with Crippen molar-refractivity contribution in [1.82, 2.24) is 10.3 Å². The number of nitrogens with zero attached hydrogens (tertiary/aromatic N) is 1. The number of aromatic nitrogens is 1. The summed E-state index contributed by atoms with van der Waals surface area (Å²) in [6.45, 7) is 4.01. The Labute approximate surface area is 106 Å². The van der Waals surface area contributed by atoms with Crippen LogP contribution in [0.1, 0.15) is 36.5 Å². The maximum absolute atomic E-state index is 11.5. The Morgan fingerprint density at radius 2 is 2.35 bits per heavy atom. The van der Waals surface area contributed by atoms with Crippen LogP contribution in [0.15, 0.2) is 5.38 Å². The van der Waals surface area contributed by atoms with Crippen molar-refractivity contribution < 1.29 is 8.42 Å². The van der Waals surface area contributed by atoms with Crippen LogP contribution in [0.3, 0.4) is 0 Å². The van der Waals surface area contributed by atoms with Gasteiger partial charge in [-0.1, -0.05) is 0 Å². The SMILES string of the molecule is Cc1csc(C(C)NC2CCCS(=O)(=O)C2)n1. The van der Waals surface area contributed by atoms with Crippen molar-refractivity contribution in [3.8, 4) is 0 Å². The number of hydrogen-bond donors (Lipinski definition) is 1. The molecular weight excluding hydrogens is 256 g/mol. The van der Waals surface area contributed by atoms with Crippen LogP contribution in [0, 0.1) is 6.92 Å². The summed E-state index contributed by atoms with van der Waals surface area (Å²) in [5.41, 5.74) is 1.02. The number of sulfone groups is 1. The second kappa shape index (κ2) is 5.04. The lowest BCUT2D eigenvalue weighted by Gasteiger charge is -2.25. The van der Waals surface area contributed by atoms with E-state index in [4.69, 9.17) is 0 Å². The van der Waals surface area contributed by atoms with Crippen LogP contribution in [-0.2, 0) is 9.84 Å². The fourth-order valence-corrected chi connectivity index (χ4v) is 4.61. The van der Waals surface area contributed by atoms with Gasteiger partial charge in [0.05, 0.1) is 17.5 Å². The average Bonchev–Trinajstić information content (AvgIpc) is 2.63. The summed E-state index contributed by atoms with van der Waals surface area (Å²) in [5.74, 6) is 0.609. The first kappa shape index (κ1) is 13.0. The standard InChI is InChI=1S/C11H18N2O2S2/c1-8-6-16-11(12-8)9(2)13-10-4-3-5-17(14,15)7-10/h6,9-10,13H,3-5,7H2,1-2H3. The van der Waals surface area contributed by atoms with Gasteiger partial charge in [0.25, 0.3) is 0 Å². The minimum atomic E-state index is -2.83. The van der Waals surface area contributed by atoms with Crippen LogP contribution >= 0.6 is 11.3 Å². The van der Waals surface area contributed by atoms with Gasteiger partial charge in [0, 0.05) is 17.1 Å². The van der Waals surface area contributed by atoms with E-state index in [1.165, 1.54) is 0 Å². The van der Waals surface area contributed by atoms with Gasteiger partial charge in [0.1, 0.15) is 5.01 Å². The second-order valence-corrected chi connectivity index (χ2v) is 7.79. The zero-order valence-electron chi connectivity index (χ0n) is 10.1. The molecule has 4 nitrogen and oxygen atoms in total. The summed E-state index contributed by atoms with van der Waals surface area (Å²) < 4.78 is 23.1. The predicted octanol–water partition coefficient (Wildman–Crippen LogP) is 1.68. The highest BCUT2D eigenvalue weighted by Gasteiger charge is 2.26. The summed E-state index contributed by atoms with van der Waals surface area (Å²) in [5, 5.41) is 6.42. The monoisotopic (exact) mass is 274 g/mol. The second-order valence-electron chi connectivity index (χ2n) is 4.67. The molecule has 0 radical (unpaired) electrons. The van der Waals surface area contributed by atoms with Gasteiger partial charge in [-0.25, -0.2) is 13.4 Å². The van der Waals surface area contributed by atoms with E-state index in [0.29, 0.717) is 5.75 Å². The predicted molar refractivity (Wildman–Crippen MR) is 70.1 cm³/mol. The Hall–Kier alpha value is -0.460. The number of aryl methyl sites for hydroxylation is 1. The lowest BCUT2D eigenvalue weighted by molar-refractivity contribution is 0.436. The fraction of sp³-hybridized carbons (Fsp3) is 0.727. The van der Waals surface area contributed by atoms with Crippen LogP contribution in [0.5, 0.6) is 0 Å². The van der Waals surface area contributed by atoms with Crippen molar-refractivity contribution in [2.45, 2.75) is 38.8 Å². The fourth-order valence-electron chi connectivity index (χ4n) is 2.15. The molecule has 0 bridgehead atoms. The number of rotatable bonds is 3. The molecule has 1 saturated heterocycles. The molecule has 17 heavy (non-hydrogen) atoms. The van der Waals surface area contributed by atoms with E-state index in [0.717, 1.165) is 23.5 Å². The van der Waals surface area contributed by atoms with Gasteiger partial charge in [0.2, 0.25) is 0 Å². The average molecular weight is 274 g/mol. The maximum Gasteiger partial charge on any atom is 0.151 e. The lowest BCUT2D eigenvalue weighted by Crippen LogP contribution is -2.41. The lowest BCUT2D eigenvalue weighted by atomic mass is 10.1. The zero-order valence-corrected chi connectivity index (χ0v) is 11.8. The van der Waals surface area contributed by atoms with Crippen molar-refractivity contribution in [3.05, 3.63) is 16.1 Å². The van der Waals surface area contributed by atoms with Crippen LogP contribution in [0.2, 0.25) is 0 Å². The highest BCUT2D eigenvalue weighted by molar-refractivity contribution is 7.91. The Morgan fingerprint density at radius 1 is 1.59 bits per heavy atom. The van der Waals surface area contributed by atoms with E-state index in [-0.39, 0.29) is 17.8 Å². The van der Waals surface area contributed by atoms with Crippen LogP contribution in [0.4, 0.5) is 0 Å². The normalized spacial score (nSPS) is 25.6. The molecule has 2 atom stereocenters. The molecule has 0 saturated carbocycles. The first-order valence-corrected chi connectivity index (χ1v) is 8.55. The van der Waals surface area contributed by atoms with Crippen molar-refractivity contribution >= 4 is 21.2 Å². The third-order valence-corrected chi connectivity index (χ3v) is 5.92. The Balaban J connectivity index is 1.97. The van der Waals surface area contributed by atoms with Gasteiger partial charge < -0.3 is 5.32 Å². The number of thiazole rings is 1. The van der Waals surface area contributed by atoms with E-state index in [9.17, 15) is 8.42 Å². The van der Waals surface area contributed by atoms with E-state index < -0.39 is 9.84 Å². The van der Waals surface area contributed by atoms with Crippen LogP contribution in [-0.4, -0.2) is 30.9 Å². The van der Waals surface area contributed by atoms with Gasteiger partial charge in [-0.15, -0.1) is 11.3 Å². The van der Waals surface area contributed by atoms with E-state index in [1.54, 1.807) is 11.3 Å². The number of hydrogen-bond acceptors (Lipinski definition) is 5. The third kappa shape index (κ3) is 3.50. The van der Waals surface area contributed by atoms with E-state index in [2.05, 4.69) is 10.3 Å². The summed E-state index contributed by atoms with van der Waals surface area (Å²) in [6.07, 6.45) is 1.71. The molecule has 0 spiro atoms. The first-order valence-electron chi connectivity index (χ1n) is 5.85. The molecule has 1 aromatic rings.